The minimum atomic E-state index is -1.32. The van der Waals surface area contributed by atoms with Crippen LogP contribution in [0.5, 0.6) is 0 Å². The lowest BCUT2D eigenvalue weighted by Gasteiger charge is -2.15. The molecule has 0 fully saturated rings. The Labute approximate surface area is 127 Å². The van der Waals surface area contributed by atoms with Gasteiger partial charge in [0.15, 0.2) is 0 Å². The van der Waals surface area contributed by atoms with Crippen molar-refractivity contribution in [2.45, 2.75) is 20.0 Å². The molecule has 0 saturated heterocycles. The topological polar surface area (TPSA) is 64.6 Å². The second-order valence-electron chi connectivity index (χ2n) is 3.73. The van der Waals surface area contributed by atoms with Crippen LogP contribution in [0.15, 0.2) is 18.2 Å². The van der Waals surface area contributed by atoms with Crippen molar-refractivity contribution in [2.24, 2.45) is 0 Å². The number of halogens is 2. The average Bonchev–Trinajstić information content (AvgIpc) is 2.34. The molecule has 1 rings (SSSR count). The number of nitrogens with one attached hydrogen (secondary N) is 1. The fourth-order valence-electron chi connectivity index (χ4n) is 1.47. The van der Waals surface area contributed by atoms with Crippen molar-refractivity contribution < 1.29 is 19.1 Å². The molecule has 7 heteroatoms. The van der Waals surface area contributed by atoms with E-state index in [-0.39, 0.29) is 13.2 Å². The second-order valence-corrected chi connectivity index (χ2v) is 4.61. The van der Waals surface area contributed by atoms with Crippen LogP contribution in [0, 0.1) is 0 Å². The van der Waals surface area contributed by atoms with E-state index in [4.69, 9.17) is 32.7 Å². The number of ether oxygens (including phenoxy) is 2. The summed E-state index contributed by atoms with van der Waals surface area (Å²) in [5, 5.41) is 3.26. The van der Waals surface area contributed by atoms with Crippen LogP contribution >= 0.6 is 23.2 Å². The van der Waals surface area contributed by atoms with Crippen LogP contribution in [0.4, 0.5) is 5.69 Å². The van der Waals surface area contributed by atoms with Crippen LogP contribution in [0.3, 0.4) is 0 Å². The Morgan fingerprint density at radius 2 is 1.75 bits per heavy atom. The lowest BCUT2D eigenvalue weighted by atomic mass is 10.2. The molecule has 1 aromatic rings. The standard InChI is InChI=1S/C13H15Cl2NO4/c1-3-19-11(13(18)20-4-2)12(17)16-10-6-8(14)5-9(15)7-10/h5-7,11H,3-4H2,1-2H3,(H,16,17). The number of amides is 1. The fraction of sp³-hybridized carbons (Fsp3) is 0.385. The average molecular weight is 320 g/mol. The number of hydrogen-bond acceptors (Lipinski definition) is 4. The molecule has 0 heterocycles. The molecule has 1 unspecified atom stereocenters. The molecule has 1 amide bonds. The van der Waals surface area contributed by atoms with Gasteiger partial charge >= 0.3 is 5.97 Å². The van der Waals surface area contributed by atoms with Gasteiger partial charge in [0.2, 0.25) is 6.10 Å². The number of esters is 1. The largest absolute Gasteiger partial charge is 0.464 e. The van der Waals surface area contributed by atoms with Gasteiger partial charge in [0, 0.05) is 22.3 Å². The van der Waals surface area contributed by atoms with Crippen LogP contribution in [0.1, 0.15) is 13.8 Å². The molecule has 0 aliphatic rings. The van der Waals surface area contributed by atoms with Crippen LogP contribution < -0.4 is 5.32 Å². The van der Waals surface area contributed by atoms with E-state index in [0.29, 0.717) is 15.7 Å². The summed E-state index contributed by atoms with van der Waals surface area (Å²) in [6.45, 7) is 3.69. The van der Waals surface area contributed by atoms with E-state index in [2.05, 4.69) is 5.32 Å². The van der Waals surface area contributed by atoms with Crippen molar-refractivity contribution >= 4 is 40.8 Å². The quantitative estimate of drug-likeness (QED) is 0.646. The summed E-state index contributed by atoms with van der Waals surface area (Å²) < 4.78 is 9.88. The van der Waals surface area contributed by atoms with E-state index in [9.17, 15) is 9.59 Å². The van der Waals surface area contributed by atoms with E-state index in [1.54, 1.807) is 13.8 Å². The van der Waals surface area contributed by atoms with Crippen LogP contribution in [0.2, 0.25) is 10.0 Å². The number of hydrogen-bond donors (Lipinski definition) is 1. The maximum atomic E-state index is 12.0. The first-order valence-corrected chi connectivity index (χ1v) is 6.78. The summed E-state index contributed by atoms with van der Waals surface area (Å²) in [5.74, 6) is -1.37. The highest BCUT2D eigenvalue weighted by molar-refractivity contribution is 6.35. The molecule has 110 valence electrons. The highest BCUT2D eigenvalue weighted by Crippen LogP contribution is 2.22. The molecule has 0 aromatic heterocycles. The predicted molar refractivity (Wildman–Crippen MR) is 77.1 cm³/mol. The summed E-state index contributed by atoms with van der Waals surface area (Å²) in [7, 11) is 0. The number of anilines is 1. The maximum absolute atomic E-state index is 12.0. The van der Waals surface area contributed by atoms with Gasteiger partial charge in [-0.05, 0) is 32.0 Å². The highest BCUT2D eigenvalue weighted by Gasteiger charge is 2.28. The molecular weight excluding hydrogens is 305 g/mol. The first-order valence-electron chi connectivity index (χ1n) is 6.03. The third kappa shape index (κ3) is 5.00. The Morgan fingerprint density at radius 1 is 1.15 bits per heavy atom. The minimum Gasteiger partial charge on any atom is -0.464 e. The number of benzene rings is 1. The van der Waals surface area contributed by atoms with Gasteiger partial charge in [-0.1, -0.05) is 23.2 Å². The summed E-state index contributed by atoms with van der Waals surface area (Å²) in [4.78, 5) is 23.7. The van der Waals surface area contributed by atoms with Crippen molar-refractivity contribution in [2.75, 3.05) is 18.5 Å². The van der Waals surface area contributed by atoms with Gasteiger partial charge in [0.1, 0.15) is 0 Å². The SMILES string of the molecule is CCOC(=O)C(OCC)C(=O)Nc1cc(Cl)cc(Cl)c1. The molecule has 0 aliphatic heterocycles. The Morgan fingerprint density at radius 3 is 2.25 bits per heavy atom. The molecular formula is C13H15Cl2NO4. The van der Waals surface area contributed by atoms with Gasteiger partial charge in [-0.15, -0.1) is 0 Å². The molecule has 1 N–H and O–H groups in total. The first-order chi connectivity index (χ1) is 9.47. The van der Waals surface area contributed by atoms with E-state index < -0.39 is 18.0 Å². The zero-order valence-electron chi connectivity index (χ0n) is 11.1. The minimum absolute atomic E-state index is 0.165. The number of carbonyl (C=O) groups excluding carboxylic acids is 2. The first kappa shape index (κ1) is 16.8. The van der Waals surface area contributed by atoms with E-state index >= 15 is 0 Å². The molecule has 1 aromatic carbocycles. The van der Waals surface area contributed by atoms with Gasteiger partial charge in [0.05, 0.1) is 6.61 Å². The number of rotatable bonds is 6. The van der Waals surface area contributed by atoms with Crippen LogP contribution in [0.25, 0.3) is 0 Å². The lowest BCUT2D eigenvalue weighted by molar-refractivity contribution is -0.160. The van der Waals surface area contributed by atoms with Gasteiger partial charge in [-0.3, -0.25) is 4.79 Å². The molecule has 5 nitrogen and oxygen atoms in total. The zero-order valence-corrected chi connectivity index (χ0v) is 12.6. The van der Waals surface area contributed by atoms with Gasteiger partial charge < -0.3 is 14.8 Å². The Bertz CT molecular complexity index is 473. The molecule has 0 aliphatic carbocycles. The van der Waals surface area contributed by atoms with Gasteiger partial charge in [-0.2, -0.15) is 0 Å². The molecule has 0 saturated carbocycles. The van der Waals surface area contributed by atoms with Crippen molar-refractivity contribution in [3.05, 3.63) is 28.2 Å². The number of carbonyl (C=O) groups is 2. The summed E-state index contributed by atoms with van der Waals surface area (Å²) >= 11 is 11.7. The molecule has 20 heavy (non-hydrogen) atoms. The predicted octanol–water partition coefficient (Wildman–Crippen LogP) is 2.90. The Hall–Kier alpha value is -1.30. The zero-order chi connectivity index (χ0) is 15.1. The Kier molecular flexibility index (Phi) is 6.78. The normalized spacial score (nSPS) is 11.8. The van der Waals surface area contributed by atoms with Crippen molar-refractivity contribution in [1.82, 2.24) is 0 Å². The molecule has 1 atom stereocenters. The van der Waals surface area contributed by atoms with E-state index in [1.807, 2.05) is 0 Å². The lowest BCUT2D eigenvalue weighted by Crippen LogP contribution is -2.38. The summed E-state index contributed by atoms with van der Waals surface area (Å²) in [6.07, 6.45) is -1.32. The van der Waals surface area contributed by atoms with Crippen molar-refractivity contribution in [1.29, 1.82) is 0 Å². The molecule has 0 bridgehead atoms. The van der Waals surface area contributed by atoms with Crippen LogP contribution in [-0.2, 0) is 19.1 Å². The third-order valence-electron chi connectivity index (χ3n) is 2.20. The fourth-order valence-corrected chi connectivity index (χ4v) is 2.00. The third-order valence-corrected chi connectivity index (χ3v) is 2.64. The maximum Gasteiger partial charge on any atom is 0.345 e. The van der Waals surface area contributed by atoms with Crippen LogP contribution in [-0.4, -0.2) is 31.2 Å². The van der Waals surface area contributed by atoms with Gasteiger partial charge in [-0.25, -0.2) is 4.79 Å². The van der Waals surface area contributed by atoms with E-state index in [1.165, 1.54) is 18.2 Å². The second kappa shape index (κ2) is 8.09. The highest BCUT2D eigenvalue weighted by atomic mass is 35.5. The summed E-state index contributed by atoms with van der Waals surface area (Å²) in [5.41, 5.74) is 0.376. The van der Waals surface area contributed by atoms with Crippen molar-refractivity contribution in [3.8, 4) is 0 Å². The van der Waals surface area contributed by atoms with Gasteiger partial charge in [0.25, 0.3) is 5.91 Å². The Balaban J connectivity index is 2.82. The van der Waals surface area contributed by atoms with E-state index in [0.717, 1.165) is 0 Å². The molecule has 0 spiro atoms. The monoisotopic (exact) mass is 319 g/mol. The molecule has 0 radical (unpaired) electrons. The van der Waals surface area contributed by atoms with Crippen molar-refractivity contribution in [3.63, 3.8) is 0 Å². The smallest absolute Gasteiger partial charge is 0.345 e. The summed E-state index contributed by atoms with van der Waals surface area (Å²) in [6, 6.07) is 4.56.